The molecular weight excluding hydrogens is 276 g/mol. The van der Waals surface area contributed by atoms with Crippen molar-refractivity contribution in [2.75, 3.05) is 18.5 Å². The quantitative estimate of drug-likeness (QED) is 0.880. The Morgan fingerprint density at radius 2 is 1.86 bits per heavy atom. The second kappa shape index (κ2) is 6.72. The molecule has 4 heteroatoms. The first-order valence-electron chi connectivity index (χ1n) is 7.13. The summed E-state index contributed by atoms with van der Waals surface area (Å²) in [6.45, 7) is 1.34. The zero-order chi connectivity index (χ0) is 15.2. The predicted octanol–water partition coefficient (Wildman–Crippen LogP) is 3.12. The van der Waals surface area contributed by atoms with Gasteiger partial charge in [0.1, 0.15) is 6.61 Å². The normalized spacial score (nSPS) is 13.7. The SMILES string of the molecule is O=C(/C=C/c1ccccc1)Nc1ccc(C2=NCCO2)cc1. The van der Waals surface area contributed by atoms with E-state index in [0.717, 1.165) is 16.8 Å². The number of hydrogen-bond donors (Lipinski definition) is 1. The van der Waals surface area contributed by atoms with Crippen molar-refractivity contribution in [3.05, 3.63) is 71.8 Å². The van der Waals surface area contributed by atoms with Crippen molar-refractivity contribution in [1.82, 2.24) is 0 Å². The lowest BCUT2D eigenvalue weighted by atomic mass is 10.2. The first-order valence-corrected chi connectivity index (χ1v) is 7.13. The highest BCUT2D eigenvalue weighted by atomic mass is 16.5. The van der Waals surface area contributed by atoms with E-state index in [0.29, 0.717) is 19.0 Å². The average Bonchev–Trinajstić information content (AvgIpc) is 3.09. The van der Waals surface area contributed by atoms with Gasteiger partial charge in [0.25, 0.3) is 0 Å². The van der Waals surface area contributed by atoms with Gasteiger partial charge in [0.05, 0.1) is 6.54 Å². The molecule has 1 aliphatic rings. The summed E-state index contributed by atoms with van der Waals surface area (Å²) in [6, 6.07) is 17.2. The van der Waals surface area contributed by atoms with Crippen LogP contribution in [0, 0.1) is 0 Å². The smallest absolute Gasteiger partial charge is 0.248 e. The Morgan fingerprint density at radius 1 is 1.09 bits per heavy atom. The molecule has 1 heterocycles. The summed E-state index contributed by atoms with van der Waals surface area (Å²) in [5.41, 5.74) is 2.66. The first kappa shape index (κ1) is 14.1. The summed E-state index contributed by atoms with van der Waals surface area (Å²) >= 11 is 0. The summed E-state index contributed by atoms with van der Waals surface area (Å²) in [5.74, 6) is 0.507. The molecule has 2 aromatic rings. The number of rotatable bonds is 4. The van der Waals surface area contributed by atoms with Crippen LogP contribution in [0.4, 0.5) is 5.69 Å². The molecule has 0 saturated heterocycles. The molecular formula is C18H16N2O2. The van der Waals surface area contributed by atoms with Gasteiger partial charge in [-0.1, -0.05) is 30.3 Å². The average molecular weight is 292 g/mol. The number of anilines is 1. The summed E-state index contributed by atoms with van der Waals surface area (Å²) in [6.07, 6.45) is 3.30. The molecule has 0 saturated carbocycles. The van der Waals surface area contributed by atoms with Crippen molar-refractivity contribution in [3.8, 4) is 0 Å². The van der Waals surface area contributed by atoms with Gasteiger partial charge in [-0.3, -0.25) is 4.79 Å². The third kappa shape index (κ3) is 3.61. The largest absolute Gasteiger partial charge is 0.476 e. The Kier molecular flexibility index (Phi) is 4.30. The van der Waals surface area contributed by atoms with Crippen LogP contribution < -0.4 is 5.32 Å². The van der Waals surface area contributed by atoms with E-state index in [1.807, 2.05) is 54.6 Å². The molecule has 1 N–H and O–H groups in total. The van der Waals surface area contributed by atoms with Gasteiger partial charge in [0.2, 0.25) is 11.8 Å². The number of aliphatic imine (C=N–C) groups is 1. The van der Waals surface area contributed by atoms with E-state index >= 15 is 0 Å². The molecule has 4 nitrogen and oxygen atoms in total. The van der Waals surface area contributed by atoms with E-state index in [4.69, 9.17) is 4.74 Å². The van der Waals surface area contributed by atoms with Crippen LogP contribution in [0.15, 0.2) is 65.7 Å². The highest BCUT2D eigenvalue weighted by Crippen LogP contribution is 2.13. The van der Waals surface area contributed by atoms with E-state index in [-0.39, 0.29) is 5.91 Å². The van der Waals surface area contributed by atoms with Gasteiger partial charge in [-0.25, -0.2) is 4.99 Å². The van der Waals surface area contributed by atoms with Gasteiger partial charge < -0.3 is 10.1 Å². The fourth-order valence-corrected chi connectivity index (χ4v) is 2.13. The standard InChI is InChI=1S/C18H16N2O2/c21-17(11-6-14-4-2-1-3-5-14)20-16-9-7-15(8-10-16)18-19-12-13-22-18/h1-11H,12-13H2,(H,20,21)/b11-6+. The maximum Gasteiger partial charge on any atom is 0.248 e. The van der Waals surface area contributed by atoms with Crippen LogP contribution in [0.25, 0.3) is 6.08 Å². The van der Waals surface area contributed by atoms with Crippen molar-refractivity contribution in [1.29, 1.82) is 0 Å². The van der Waals surface area contributed by atoms with Crippen LogP contribution in [-0.2, 0) is 9.53 Å². The molecule has 2 aromatic carbocycles. The highest BCUT2D eigenvalue weighted by molar-refractivity contribution is 6.02. The Labute approximate surface area is 129 Å². The number of nitrogens with zero attached hydrogens (tertiary/aromatic N) is 1. The minimum atomic E-state index is -0.161. The van der Waals surface area contributed by atoms with Crippen molar-refractivity contribution in [2.45, 2.75) is 0 Å². The lowest BCUT2D eigenvalue weighted by Crippen LogP contribution is -2.08. The molecule has 0 aliphatic carbocycles. The summed E-state index contributed by atoms with van der Waals surface area (Å²) in [7, 11) is 0. The number of amides is 1. The molecule has 0 atom stereocenters. The Bertz CT molecular complexity index is 704. The van der Waals surface area contributed by atoms with Crippen LogP contribution in [0.5, 0.6) is 0 Å². The molecule has 0 spiro atoms. The molecule has 0 aromatic heterocycles. The molecule has 0 fully saturated rings. The van der Waals surface area contributed by atoms with Crippen molar-refractivity contribution >= 4 is 23.6 Å². The van der Waals surface area contributed by atoms with E-state index < -0.39 is 0 Å². The van der Waals surface area contributed by atoms with Gasteiger partial charge in [-0.05, 0) is 35.9 Å². The lowest BCUT2D eigenvalue weighted by molar-refractivity contribution is -0.111. The minimum absolute atomic E-state index is 0.161. The third-order valence-corrected chi connectivity index (χ3v) is 3.21. The monoisotopic (exact) mass is 292 g/mol. The van der Waals surface area contributed by atoms with Crippen molar-refractivity contribution in [2.24, 2.45) is 4.99 Å². The summed E-state index contributed by atoms with van der Waals surface area (Å²) in [4.78, 5) is 16.1. The van der Waals surface area contributed by atoms with Gasteiger partial charge in [0.15, 0.2) is 0 Å². The Morgan fingerprint density at radius 3 is 2.55 bits per heavy atom. The van der Waals surface area contributed by atoms with Gasteiger partial charge in [0, 0.05) is 17.3 Å². The number of nitrogens with one attached hydrogen (secondary N) is 1. The van der Waals surface area contributed by atoms with E-state index in [1.54, 1.807) is 6.08 Å². The maximum atomic E-state index is 11.9. The van der Waals surface area contributed by atoms with Crippen molar-refractivity contribution in [3.63, 3.8) is 0 Å². The second-order valence-electron chi connectivity index (χ2n) is 4.85. The molecule has 22 heavy (non-hydrogen) atoms. The minimum Gasteiger partial charge on any atom is -0.476 e. The van der Waals surface area contributed by atoms with Crippen LogP contribution in [0.1, 0.15) is 11.1 Å². The first-order chi connectivity index (χ1) is 10.8. The van der Waals surface area contributed by atoms with Gasteiger partial charge in [-0.2, -0.15) is 0 Å². The topological polar surface area (TPSA) is 50.7 Å². The van der Waals surface area contributed by atoms with Crippen LogP contribution >= 0.6 is 0 Å². The number of hydrogen-bond acceptors (Lipinski definition) is 3. The zero-order valence-corrected chi connectivity index (χ0v) is 12.0. The fourth-order valence-electron chi connectivity index (χ4n) is 2.13. The van der Waals surface area contributed by atoms with Crippen LogP contribution in [0.2, 0.25) is 0 Å². The van der Waals surface area contributed by atoms with Crippen LogP contribution in [0.3, 0.4) is 0 Å². The van der Waals surface area contributed by atoms with Gasteiger partial charge in [-0.15, -0.1) is 0 Å². The number of ether oxygens (including phenoxy) is 1. The highest BCUT2D eigenvalue weighted by Gasteiger charge is 2.09. The molecule has 0 radical (unpaired) electrons. The summed E-state index contributed by atoms with van der Waals surface area (Å²) in [5, 5.41) is 2.82. The molecule has 0 unspecified atom stereocenters. The molecule has 3 rings (SSSR count). The van der Waals surface area contributed by atoms with Gasteiger partial charge >= 0.3 is 0 Å². The van der Waals surface area contributed by atoms with E-state index in [1.165, 1.54) is 6.08 Å². The third-order valence-electron chi connectivity index (χ3n) is 3.21. The second-order valence-corrected chi connectivity index (χ2v) is 4.85. The number of carbonyl (C=O) groups is 1. The van der Waals surface area contributed by atoms with E-state index in [2.05, 4.69) is 10.3 Å². The Hall–Kier alpha value is -2.88. The number of carbonyl (C=O) groups excluding carboxylic acids is 1. The van der Waals surface area contributed by atoms with E-state index in [9.17, 15) is 4.79 Å². The maximum absolute atomic E-state index is 11.9. The Balaban J connectivity index is 1.60. The predicted molar refractivity (Wildman–Crippen MR) is 87.9 cm³/mol. The summed E-state index contributed by atoms with van der Waals surface area (Å²) < 4.78 is 5.40. The number of benzene rings is 2. The molecule has 1 amide bonds. The lowest BCUT2D eigenvalue weighted by Gasteiger charge is -2.05. The van der Waals surface area contributed by atoms with Crippen molar-refractivity contribution < 1.29 is 9.53 Å². The zero-order valence-electron chi connectivity index (χ0n) is 12.0. The van der Waals surface area contributed by atoms with Crippen LogP contribution in [-0.4, -0.2) is 25.0 Å². The molecule has 0 bridgehead atoms. The molecule has 110 valence electrons. The fraction of sp³-hybridized carbons (Fsp3) is 0.111. The molecule has 1 aliphatic heterocycles.